The van der Waals surface area contributed by atoms with Crippen molar-refractivity contribution in [2.45, 2.75) is 25.4 Å². The first-order chi connectivity index (χ1) is 10.4. The van der Waals surface area contributed by atoms with Gasteiger partial charge in [-0.3, -0.25) is 0 Å². The summed E-state index contributed by atoms with van der Waals surface area (Å²) < 4.78 is 18.7. The summed E-state index contributed by atoms with van der Waals surface area (Å²) in [4.78, 5) is 26.0. The molecule has 2 heterocycles. The number of hydrogen-bond acceptors (Lipinski definition) is 4. The molecule has 0 unspecified atom stereocenters. The first kappa shape index (κ1) is 16.7. The van der Waals surface area contributed by atoms with Crippen LogP contribution in [0.15, 0.2) is 17.5 Å². The lowest BCUT2D eigenvalue weighted by atomic mass is 10.1. The van der Waals surface area contributed by atoms with Gasteiger partial charge in [0.15, 0.2) is 0 Å². The Morgan fingerprint density at radius 1 is 1.59 bits per heavy atom. The molecule has 1 aromatic heterocycles. The number of methoxy groups -OCH3 is 1. The van der Waals surface area contributed by atoms with E-state index in [9.17, 15) is 14.0 Å². The molecule has 1 N–H and O–H groups in total. The number of esters is 1. The van der Waals surface area contributed by atoms with Crippen LogP contribution in [0.2, 0.25) is 0 Å². The quantitative estimate of drug-likeness (QED) is 0.843. The van der Waals surface area contributed by atoms with Gasteiger partial charge in [-0.25, -0.2) is 14.0 Å². The molecule has 22 heavy (non-hydrogen) atoms. The molecule has 122 valence electrons. The molecule has 1 saturated heterocycles. The molecule has 2 amide bonds. The normalized spacial score (nSPS) is 22.4. The zero-order chi connectivity index (χ0) is 16.2. The monoisotopic (exact) mass is 328 g/mol. The SMILES string of the molecule is COC(=O)[C@]1(F)CCN(C(=O)NC[C@@H](C)Cc2cccs2)C1. The van der Waals surface area contributed by atoms with Crippen molar-refractivity contribution in [2.24, 2.45) is 5.92 Å². The van der Waals surface area contributed by atoms with Crippen LogP contribution in [0.4, 0.5) is 9.18 Å². The third-order valence-corrected chi connectivity index (χ3v) is 4.69. The summed E-state index contributed by atoms with van der Waals surface area (Å²) in [6.45, 7) is 2.55. The maximum Gasteiger partial charge on any atom is 0.345 e. The summed E-state index contributed by atoms with van der Waals surface area (Å²) in [6, 6.07) is 3.74. The summed E-state index contributed by atoms with van der Waals surface area (Å²) in [5.41, 5.74) is -2.07. The Morgan fingerprint density at radius 3 is 3.00 bits per heavy atom. The first-order valence-corrected chi connectivity index (χ1v) is 8.15. The standard InChI is InChI=1S/C15H21FN2O3S/c1-11(8-12-4-3-7-22-12)9-17-14(20)18-6-5-15(16,10-18)13(19)21-2/h3-4,7,11H,5-6,8-10H2,1-2H3,(H,17,20)/t11-,15-/m0/s1. The Labute approximate surface area is 133 Å². The molecule has 5 nitrogen and oxygen atoms in total. The highest BCUT2D eigenvalue weighted by molar-refractivity contribution is 7.09. The van der Waals surface area contributed by atoms with E-state index in [4.69, 9.17) is 0 Å². The minimum atomic E-state index is -2.07. The summed E-state index contributed by atoms with van der Waals surface area (Å²) in [6.07, 6.45) is 0.880. The molecule has 0 radical (unpaired) electrons. The third-order valence-electron chi connectivity index (χ3n) is 3.79. The van der Waals surface area contributed by atoms with E-state index < -0.39 is 11.6 Å². The van der Waals surface area contributed by atoms with E-state index in [1.165, 1.54) is 9.78 Å². The molecular weight excluding hydrogens is 307 g/mol. The molecule has 0 bridgehead atoms. The smallest absolute Gasteiger partial charge is 0.345 e. The number of carbonyl (C=O) groups excluding carboxylic acids is 2. The number of likely N-dealkylation sites (tertiary alicyclic amines) is 1. The van der Waals surface area contributed by atoms with Crippen molar-refractivity contribution >= 4 is 23.3 Å². The second kappa shape index (κ2) is 7.09. The molecule has 0 spiro atoms. The van der Waals surface area contributed by atoms with Crippen LogP contribution in [0.5, 0.6) is 0 Å². The zero-order valence-electron chi connectivity index (χ0n) is 12.8. The average molecular weight is 328 g/mol. The first-order valence-electron chi connectivity index (χ1n) is 7.27. The minimum Gasteiger partial charge on any atom is -0.467 e. The summed E-state index contributed by atoms with van der Waals surface area (Å²) in [5, 5.41) is 4.83. The lowest BCUT2D eigenvalue weighted by molar-refractivity contribution is -0.153. The predicted molar refractivity (Wildman–Crippen MR) is 82.6 cm³/mol. The van der Waals surface area contributed by atoms with Gasteiger partial charge in [0.25, 0.3) is 0 Å². The number of alkyl halides is 1. The average Bonchev–Trinajstić information content (AvgIpc) is 3.14. The van der Waals surface area contributed by atoms with E-state index in [0.29, 0.717) is 12.5 Å². The van der Waals surface area contributed by atoms with Gasteiger partial charge in [0.05, 0.1) is 13.7 Å². The summed E-state index contributed by atoms with van der Waals surface area (Å²) >= 11 is 1.69. The Balaban J connectivity index is 1.77. The van der Waals surface area contributed by atoms with Crippen LogP contribution < -0.4 is 5.32 Å². The number of nitrogens with one attached hydrogen (secondary N) is 1. The zero-order valence-corrected chi connectivity index (χ0v) is 13.6. The van der Waals surface area contributed by atoms with Gasteiger partial charge in [-0.15, -0.1) is 11.3 Å². The van der Waals surface area contributed by atoms with Gasteiger partial charge in [-0.05, 0) is 23.8 Å². The van der Waals surface area contributed by atoms with Crippen LogP contribution in [0.1, 0.15) is 18.2 Å². The number of amides is 2. The van der Waals surface area contributed by atoms with E-state index in [1.54, 1.807) is 11.3 Å². The van der Waals surface area contributed by atoms with Crippen molar-refractivity contribution in [2.75, 3.05) is 26.7 Å². The maximum atomic E-state index is 14.3. The Hall–Kier alpha value is -1.63. The third kappa shape index (κ3) is 3.97. The van der Waals surface area contributed by atoms with Gasteiger partial charge < -0.3 is 15.0 Å². The fraction of sp³-hybridized carbons (Fsp3) is 0.600. The van der Waals surface area contributed by atoms with Crippen molar-refractivity contribution in [3.05, 3.63) is 22.4 Å². The molecule has 2 atom stereocenters. The summed E-state index contributed by atoms with van der Waals surface area (Å²) in [5.74, 6) is -0.616. The number of halogens is 1. The molecule has 1 aliphatic rings. The highest BCUT2D eigenvalue weighted by Gasteiger charge is 2.47. The number of urea groups is 1. The van der Waals surface area contributed by atoms with Gasteiger partial charge in [0, 0.05) is 24.4 Å². The second-order valence-corrected chi connectivity index (χ2v) is 6.74. The van der Waals surface area contributed by atoms with E-state index >= 15 is 0 Å². The van der Waals surface area contributed by atoms with E-state index in [1.807, 2.05) is 11.4 Å². The van der Waals surface area contributed by atoms with Crippen LogP contribution in [0, 0.1) is 5.92 Å². The second-order valence-electron chi connectivity index (χ2n) is 5.70. The molecule has 2 rings (SSSR count). The highest BCUT2D eigenvalue weighted by Crippen LogP contribution is 2.27. The van der Waals surface area contributed by atoms with Gasteiger partial charge in [0.1, 0.15) is 0 Å². The number of rotatable bonds is 5. The lowest BCUT2D eigenvalue weighted by Gasteiger charge is -2.20. The van der Waals surface area contributed by atoms with Crippen LogP contribution in [-0.2, 0) is 16.0 Å². The number of thiophene rings is 1. The van der Waals surface area contributed by atoms with E-state index in [-0.39, 0.29) is 25.5 Å². The Bertz CT molecular complexity index is 523. The molecule has 1 fully saturated rings. The topological polar surface area (TPSA) is 58.6 Å². The van der Waals surface area contributed by atoms with E-state index in [0.717, 1.165) is 13.5 Å². The van der Waals surface area contributed by atoms with Crippen molar-refractivity contribution in [3.8, 4) is 0 Å². The fourth-order valence-corrected chi connectivity index (χ4v) is 3.38. The van der Waals surface area contributed by atoms with Crippen molar-refractivity contribution in [1.82, 2.24) is 10.2 Å². The van der Waals surface area contributed by atoms with Gasteiger partial charge in [-0.2, -0.15) is 0 Å². The molecule has 0 aromatic carbocycles. The highest BCUT2D eigenvalue weighted by atomic mass is 32.1. The van der Waals surface area contributed by atoms with E-state index in [2.05, 4.69) is 23.0 Å². The van der Waals surface area contributed by atoms with Crippen molar-refractivity contribution in [3.63, 3.8) is 0 Å². The molecule has 0 saturated carbocycles. The molecular formula is C15H21FN2O3S. The van der Waals surface area contributed by atoms with Gasteiger partial charge in [0.2, 0.25) is 5.67 Å². The molecule has 7 heteroatoms. The number of carbonyl (C=O) groups is 2. The molecule has 0 aliphatic carbocycles. The van der Waals surface area contributed by atoms with Gasteiger partial charge in [-0.1, -0.05) is 13.0 Å². The number of ether oxygens (including phenoxy) is 1. The number of hydrogen-bond donors (Lipinski definition) is 1. The minimum absolute atomic E-state index is 0.0160. The van der Waals surface area contributed by atoms with Crippen molar-refractivity contribution in [1.29, 1.82) is 0 Å². The predicted octanol–water partition coefficient (Wildman–Crippen LogP) is 2.22. The molecule has 1 aliphatic heterocycles. The van der Waals surface area contributed by atoms with Crippen LogP contribution in [0.25, 0.3) is 0 Å². The number of nitrogens with zero attached hydrogens (tertiary/aromatic N) is 1. The fourth-order valence-electron chi connectivity index (χ4n) is 2.51. The Kier molecular flexibility index (Phi) is 5.39. The maximum absolute atomic E-state index is 14.3. The van der Waals surface area contributed by atoms with Gasteiger partial charge >= 0.3 is 12.0 Å². The lowest BCUT2D eigenvalue weighted by Crippen LogP contribution is -2.44. The van der Waals surface area contributed by atoms with Crippen LogP contribution in [-0.4, -0.2) is 49.3 Å². The van der Waals surface area contributed by atoms with Crippen LogP contribution >= 0.6 is 11.3 Å². The summed E-state index contributed by atoms with van der Waals surface area (Å²) in [7, 11) is 1.15. The largest absolute Gasteiger partial charge is 0.467 e. The Morgan fingerprint density at radius 2 is 2.36 bits per heavy atom. The molecule has 1 aromatic rings. The van der Waals surface area contributed by atoms with Crippen molar-refractivity contribution < 1.29 is 18.7 Å². The van der Waals surface area contributed by atoms with Crippen LogP contribution in [0.3, 0.4) is 0 Å².